The van der Waals surface area contributed by atoms with E-state index in [2.05, 4.69) is 4.72 Å². The van der Waals surface area contributed by atoms with Crippen LogP contribution in [0.2, 0.25) is 0 Å². The van der Waals surface area contributed by atoms with Gasteiger partial charge in [-0.25, -0.2) is 22.3 Å². The molecule has 9 heteroatoms. The van der Waals surface area contributed by atoms with E-state index in [1.54, 1.807) is 26.0 Å². The minimum Gasteiger partial charge on any atom is -0.452 e. The quantitative estimate of drug-likeness (QED) is 0.626. The maximum atomic E-state index is 13.3. The third-order valence-corrected chi connectivity index (χ3v) is 5.62. The second kappa shape index (κ2) is 10.1. The van der Waals surface area contributed by atoms with Gasteiger partial charge in [-0.05, 0) is 48.9 Å². The summed E-state index contributed by atoms with van der Waals surface area (Å²) >= 11 is 0. The molecule has 2 aromatic carbocycles. The van der Waals surface area contributed by atoms with Crippen LogP contribution in [0.5, 0.6) is 0 Å². The molecule has 0 fully saturated rings. The smallest absolute Gasteiger partial charge is 0.338 e. The van der Waals surface area contributed by atoms with Crippen molar-refractivity contribution in [3.05, 3.63) is 65.5 Å². The van der Waals surface area contributed by atoms with Gasteiger partial charge in [-0.15, -0.1) is 0 Å². The standard InChI is InChI=1S/C20H23FN2O5S/c1-3-22-29(26,27)18-10-8-16(9-11-18)20(25)28-14-19(24)23(4-2)13-15-6-5-7-17(21)12-15/h5-12,22H,3-4,13-14H2,1-2H3. The molecule has 1 N–H and O–H groups in total. The molecule has 2 aromatic rings. The number of ether oxygens (including phenoxy) is 1. The van der Waals surface area contributed by atoms with Crippen LogP contribution >= 0.6 is 0 Å². The first-order valence-electron chi connectivity index (χ1n) is 9.06. The number of halogens is 1. The van der Waals surface area contributed by atoms with Gasteiger partial charge in [0.2, 0.25) is 10.0 Å². The van der Waals surface area contributed by atoms with Gasteiger partial charge in [-0.2, -0.15) is 0 Å². The molecule has 29 heavy (non-hydrogen) atoms. The highest BCUT2D eigenvalue weighted by Gasteiger charge is 2.17. The number of nitrogens with zero attached hydrogens (tertiary/aromatic N) is 1. The van der Waals surface area contributed by atoms with Crippen LogP contribution < -0.4 is 4.72 Å². The van der Waals surface area contributed by atoms with Crippen LogP contribution in [0.1, 0.15) is 29.8 Å². The van der Waals surface area contributed by atoms with Crippen LogP contribution in [0.25, 0.3) is 0 Å². The van der Waals surface area contributed by atoms with Crippen LogP contribution in [0.3, 0.4) is 0 Å². The van der Waals surface area contributed by atoms with Crippen molar-refractivity contribution >= 4 is 21.9 Å². The van der Waals surface area contributed by atoms with E-state index in [-0.39, 0.29) is 23.5 Å². The van der Waals surface area contributed by atoms with E-state index in [1.165, 1.54) is 41.3 Å². The predicted molar refractivity (Wildman–Crippen MR) is 105 cm³/mol. The van der Waals surface area contributed by atoms with E-state index in [0.29, 0.717) is 12.1 Å². The lowest BCUT2D eigenvalue weighted by Crippen LogP contribution is -2.34. The number of hydrogen-bond acceptors (Lipinski definition) is 5. The summed E-state index contributed by atoms with van der Waals surface area (Å²) in [5.74, 6) is -1.55. The van der Waals surface area contributed by atoms with Crippen molar-refractivity contribution in [3.63, 3.8) is 0 Å². The largest absolute Gasteiger partial charge is 0.452 e. The molecule has 0 saturated heterocycles. The molecular formula is C20H23FN2O5S. The lowest BCUT2D eigenvalue weighted by molar-refractivity contribution is -0.134. The van der Waals surface area contributed by atoms with Gasteiger partial charge in [0.25, 0.3) is 5.91 Å². The van der Waals surface area contributed by atoms with E-state index in [9.17, 15) is 22.4 Å². The summed E-state index contributed by atoms with van der Waals surface area (Å²) < 4.78 is 44.5. The number of amides is 1. The normalized spacial score (nSPS) is 11.1. The molecular weight excluding hydrogens is 399 g/mol. The Morgan fingerprint density at radius 3 is 2.38 bits per heavy atom. The molecule has 156 valence electrons. The average molecular weight is 422 g/mol. The third-order valence-electron chi connectivity index (χ3n) is 4.06. The summed E-state index contributed by atoms with van der Waals surface area (Å²) in [6.07, 6.45) is 0. The van der Waals surface area contributed by atoms with Gasteiger partial charge in [0.15, 0.2) is 6.61 Å². The minimum absolute atomic E-state index is 0.0271. The number of carbonyl (C=O) groups excluding carboxylic acids is 2. The van der Waals surface area contributed by atoms with E-state index in [1.807, 2.05) is 0 Å². The Morgan fingerprint density at radius 2 is 1.79 bits per heavy atom. The topological polar surface area (TPSA) is 92.8 Å². The van der Waals surface area contributed by atoms with Gasteiger partial charge in [0, 0.05) is 19.6 Å². The highest BCUT2D eigenvalue weighted by Crippen LogP contribution is 2.12. The van der Waals surface area contributed by atoms with Gasteiger partial charge in [0.1, 0.15) is 5.82 Å². The molecule has 7 nitrogen and oxygen atoms in total. The lowest BCUT2D eigenvalue weighted by Gasteiger charge is -2.21. The first-order valence-corrected chi connectivity index (χ1v) is 10.5. The Labute approximate surface area is 169 Å². The van der Waals surface area contributed by atoms with Crippen molar-refractivity contribution in [2.24, 2.45) is 0 Å². The van der Waals surface area contributed by atoms with Crippen LogP contribution in [0, 0.1) is 5.82 Å². The molecule has 0 unspecified atom stereocenters. The zero-order valence-electron chi connectivity index (χ0n) is 16.2. The Morgan fingerprint density at radius 1 is 1.10 bits per heavy atom. The van der Waals surface area contributed by atoms with Crippen molar-refractivity contribution in [1.82, 2.24) is 9.62 Å². The zero-order valence-corrected chi connectivity index (χ0v) is 17.0. The fourth-order valence-corrected chi connectivity index (χ4v) is 3.62. The highest BCUT2D eigenvalue weighted by atomic mass is 32.2. The monoisotopic (exact) mass is 422 g/mol. The zero-order chi connectivity index (χ0) is 21.4. The van der Waals surface area contributed by atoms with Gasteiger partial charge < -0.3 is 9.64 Å². The minimum atomic E-state index is -3.62. The number of rotatable bonds is 9. The number of likely N-dealkylation sites (N-methyl/N-ethyl adjacent to an activating group) is 1. The number of sulfonamides is 1. The average Bonchev–Trinajstić information content (AvgIpc) is 2.70. The van der Waals surface area contributed by atoms with Gasteiger partial charge in [-0.3, -0.25) is 4.79 Å². The molecule has 0 heterocycles. The van der Waals surface area contributed by atoms with Crippen LogP contribution in [-0.4, -0.2) is 44.9 Å². The Balaban J connectivity index is 1.95. The number of benzene rings is 2. The summed E-state index contributed by atoms with van der Waals surface area (Å²) in [4.78, 5) is 25.9. The molecule has 1 amide bonds. The van der Waals surface area contributed by atoms with E-state index in [4.69, 9.17) is 4.74 Å². The van der Waals surface area contributed by atoms with E-state index < -0.39 is 34.3 Å². The second-order valence-electron chi connectivity index (χ2n) is 6.14. The molecule has 0 aliphatic rings. The Bertz CT molecular complexity index is 961. The number of esters is 1. The number of nitrogens with one attached hydrogen (secondary N) is 1. The highest BCUT2D eigenvalue weighted by molar-refractivity contribution is 7.89. The Kier molecular flexibility index (Phi) is 7.86. The first kappa shape index (κ1) is 22.5. The van der Waals surface area contributed by atoms with Crippen molar-refractivity contribution in [1.29, 1.82) is 0 Å². The van der Waals surface area contributed by atoms with Crippen LogP contribution in [0.4, 0.5) is 4.39 Å². The summed E-state index contributed by atoms with van der Waals surface area (Å²) in [5, 5.41) is 0. The molecule has 0 bridgehead atoms. The van der Waals surface area contributed by atoms with Gasteiger partial charge in [0.05, 0.1) is 10.5 Å². The second-order valence-corrected chi connectivity index (χ2v) is 7.91. The number of carbonyl (C=O) groups is 2. The Hall–Kier alpha value is -2.78. The molecule has 0 aliphatic heterocycles. The maximum Gasteiger partial charge on any atom is 0.338 e. The van der Waals surface area contributed by atoms with Crippen molar-refractivity contribution in [2.75, 3.05) is 19.7 Å². The summed E-state index contributed by atoms with van der Waals surface area (Å²) in [6, 6.07) is 11.1. The SMILES string of the molecule is CCNS(=O)(=O)c1ccc(C(=O)OCC(=O)N(CC)Cc2cccc(F)c2)cc1. The van der Waals surface area contributed by atoms with E-state index >= 15 is 0 Å². The predicted octanol–water partition coefficient (Wildman–Crippen LogP) is 2.33. The third kappa shape index (κ3) is 6.37. The molecule has 0 aromatic heterocycles. The fourth-order valence-electron chi connectivity index (χ4n) is 2.58. The lowest BCUT2D eigenvalue weighted by atomic mass is 10.2. The van der Waals surface area contributed by atoms with Crippen LogP contribution in [-0.2, 0) is 26.1 Å². The summed E-state index contributed by atoms with van der Waals surface area (Å²) in [7, 11) is -3.62. The summed E-state index contributed by atoms with van der Waals surface area (Å²) in [6.45, 7) is 3.76. The van der Waals surface area contributed by atoms with Crippen molar-refractivity contribution < 1.29 is 27.1 Å². The number of hydrogen-bond donors (Lipinski definition) is 1. The maximum absolute atomic E-state index is 13.3. The van der Waals surface area contributed by atoms with Crippen molar-refractivity contribution in [3.8, 4) is 0 Å². The fraction of sp³-hybridized carbons (Fsp3) is 0.300. The van der Waals surface area contributed by atoms with E-state index in [0.717, 1.165) is 0 Å². The molecule has 0 radical (unpaired) electrons. The first-order chi connectivity index (χ1) is 13.8. The van der Waals surface area contributed by atoms with Crippen molar-refractivity contribution in [2.45, 2.75) is 25.3 Å². The molecule has 0 aliphatic carbocycles. The van der Waals surface area contributed by atoms with Gasteiger partial charge in [-0.1, -0.05) is 19.1 Å². The molecule has 2 rings (SSSR count). The molecule has 0 atom stereocenters. The molecule has 0 saturated carbocycles. The molecule has 0 spiro atoms. The van der Waals surface area contributed by atoms with Gasteiger partial charge >= 0.3 is 5.97 Å². The summed E-state index contributed by atoms with van der Waals surface area (Å²) in [5.41, 5.74) is 0.755. The van der Waals surface area contributed by atoms with Crippen LogP contribution in [0.15, 0.2) is 53.4 Å².